The number of carbonyl (C=O) groups is 2. The van der Waals surface area contributed by atoms with Crippen molar-refractivity contribution in [1.82, 2.24) is 0 Å². The van der Waals surface area contributed by atoms with Gasteiger partial charge in [0.1, 0.15) is 6.10 Å². The maximum atomic E-state index is 14.3. The Hall–Kier alpha value is -1.76. The smallest absolute Gasteiger partial charge is 0.334 e. The predicted octanol–water partition coefficient (Wildman–Crippen LogP) is 2.87. The summed E-state index contributed by atoms with van der Waals surface area (Å²) >= 11 is 0. The molecule has 0 amide bonds. The molecule has 8 atom stereocenters. The maximum Gasteiger partial charge on any atom is 0.334 e. The Morgan fingerprint density at radius 2 is 2.00 bits per heavy atom. The number of hydrogen-bond donors (Lipinski definition) is 3. The largest absolute Gasteiger partial charge is 0.451 e. The van der Waals surface area contributed by atoms with E-state index in [1.807, 2.05) is 13.0 Å². The van der Waals surface area contributed by atoms with E-state index in [1.165, 1.54) is 0 Å². The molecule has 5 rings (SSSR count). The SMILES string of the molecule is CC1=C[C@]23C(=O)C(C=C(CO)[C@@H](O)[C@]2(O)[C@H]1OC(=O)C1=CCCCC1)[C@H]1[C@@H](C[C@H]3C)C1(C)C. The highest BCUT2D eigenvalue weighted by atomic mass is 16.6. The Labute approximate surface area is 195 Å². The normalized spacial score (nSPS) is 45.5. The third kappa shape index (κ3) is 2.83. The number of allylic oxidation sites excluding steroid dienone is 2. The fraction of sp³-hybridized carbons (Fsp3) is 0.704. The molecule has 33 heavy (non-hydrogen) atoms. The molecular formula is C27H36O6. The maximum absolute atomic E-state index is 14.3. The Balaban J connectivity index is 1.62. The van der Waals surface area contributed by atoms with E-state index in [9.17, 15) is 24.9 Å². The van der Waals surface area contributed by atoms with Gasteiger partial charge in [-0.1, -0.05) is 39.0 Å². The number of esters is 1. The number of fused-ring (bicyclic) bond motifs is 3. The third-order valence-corrected chi connectivity index (χ3v) is 9.67. The van der Waals surface area contributed by atoms with E-state index >= 15 is 0 Å². The second-order valence-electron chi connectivity index (χ2n) is 11.6. The van der Waals surface area contributed by atoms with Gasteiger partial charge in [0.05, 0.1) is 12.0 Å². The number of aliphatic hydroxyl groups excluding tert-OH is 2. The van der Waals surface area contributed by atoms with Gasteiger partial charge >= 0.3 is 5.97 Å². The van der Waals surface area contributed by atoms with Crippen LogP contribution in [0.25, 0.3) is 0 Å². The van der Waals surface area contributed by atoms with Gasteiger partial charge in [-0.05, 0) is 73.3 Å². The lowest BCUT2D eigenvalue weighted by Gasteiger charge is -2.48. The first-order valence-electron chi connectivity index (χ1n) is 12.4. The van der Waals surface area contributed by atoms with Gasteiger partial charge in [0.15, 0.2) is 17.5 Å². The molecule has 0 saturated heterocycles. The zero-order valence-electron chi connectivity index (χ0n) is 20.0. The predicted molar refractivity (Wildman–Crippen MR) is 122 cm³/mol. The van der Waals surface area contributed by atoms with E-state index in [2.05, 4.69) is 13.8 Å². The van der Waals surface area contributed by atoms with Crippen LogP contribution in [0.5, 0.6) is 0 Å². The molecule has 5 aliphatic carbocycles. The van der Waals surface area contributed by atoms with Crippen LogP contribution in [0.4, 0.5) is 0 Å². The van der Waals surface area contributed by atoms with Crippen LogP contribution in [0.2, 0.25) is 0 Å². The van der Waals surface area contributed by atoms with Crippen molar-refractivity contribution in [2.75, 3.05) is 6.61 Å². The van der Waals surface area contributed by atoms with E-state index in [1.54, 1.807) is 19.1 Å². The van der Waals surface area contributed by atoms with Crippen LogP contribution >= 0.6 is 0 Å². The van der Waals surface area contributed by atoms with Crippen LogP contribution in [-0.4, -0.2) is 51.5 Å². The molecule has 3 N–H and O–H groups in total. The standard InChI is InChI=1S/C27H36O6/c1-14-12-26-15(2)10-19-20(25(19,3)4)18(22(26)30)11-17(13-28)21(29)27(26,32)23(14)33-24(31)16-8-6-5-7-9-16/h8,11-12,15,18-21,23,28-29,32H,5-7,9-10,13H2,1-4H3/t15-,18?,19-,20+,21-,23+,26+,27+/m1/s1. The molecular weight excluding hydrogens is 420 g/mol. The quantitative estimate of drug-likeness (QED) is 0.446. The fourth-order valence-corrected chi connectivity index (χ4v) is 7.80. The van der Waals surface area contributed by atoms with Gasteiger partial charge in [-0.2, -0.15) is 0 Å². The molecule has 1 unspecified atom stereocenters. The van der Waals surface area contributed by atoms with Gasteiger partial charge < -0.3 is 20.1 Å². The molecule has 0 aromatic carbocycles. The number of Topliss-reactive ketones (excluding diaryl/α,β-unsaturated/α-hetero) is 1. The van der Waals surface area contributed by atoms with Crippen LogP contribution in [0.3, 0.4) is 0 Å². The number of aliphatic hydroxyl groups is 3. The summed E-state index contributed by atoms with van der Waals surface area (Å²) in [4.78, 5) is 27.3. The molecule has 0 heterocycles. The zero-order chi connectivity index (χ0) is 23.9. The van der Waals surface area contributed by atoms with Crippen molar-refractivity contribution in [1.29, 1.82) is 0 Å². The molecule has 180 valence electrons. The van der Waals surface area contributed by atoms with Gasteiger partial charge in [0.25, 0.3) is 0 Å². The van der Waals surface area contributed by atoms with Gasteiger partial charge in [0, 0.05) is 11.5 Å². The number of carbonyl (C=O) groups excluding carboxylic acids is 2. The minimum atomic E-state index is -2.07. The number of ether oxygens (including phenoxy) is 1. The molecule has 5 aliphatic rings. The van der Waals surface area contributed by atoms with E-state index in [0.717, 1.165) is 25.7 Å². The van der Waals surface area contributed by atoms with Crippen molar-refractivity contribution in [3.05, 3.63) is 34.9 Å². The van der Waals surface area contributed by atoms with Crippen LogP contribution in [-0.2, 0) is 14.3 Å². The van der Waals surface area contributed by atoms with Gasteiger partial charge in [0.2, 0.25) is 0 Å². The lowest BCUT2D eigenvalue weighted by molar-refractivity contribution is -0.201. The summed E-state index contributed by atoms with van der Waals surface area (Å²) < 4.78 is 5.91. The Bertz CT molecular complexity index is 989. The number of hydrogen-bond acceptors (Lipinski definition) is 6. The molecule has 2 saturated carbocycles. The van der Waals surface area contributed by atoms with Crippen molar-refractivity contribution in [3.63, 3.8) is 0 Å². The molecule has 6 heteroatoms. The summed E-state index contributed by atoms with van der Waals surface area (Å²) in [5, 5.41) is 34.0. The average Bonchev–Trinajstić information content (AvgIpc) is 3.28. The Kier molecular flexibility index (Phi) is 5.14. The van der Waals surface area contributed by atoms with Crippen molar-refractivity contribution in [3.8, 4) is 0 Å². The summed E-state index contributed by atoms with van der Waals surface area (Å²) in [7, 11) is 0. The molecule has 0 aliphatic heterocycles. The Morgan fingerprint density at radius 1 is 1.27 bits per heavy atom. The summed E-state index contributed by atoms with van der Waals surface area (Å²) in [6.45, 7) is 7.58. The van der Waals surface area contributed by atoms with E-state index in [-0.39, 0.29) is 28.6 Å². The summed E-state index contributed by atoms with van der Waals surface area (Å²) in [6, 6.07) is 0. The minimum Gasteiger partial charge on any atom is -0.451 e. The molecule has 1 spiro atoms. The van der Waals surface area contributed by atoms with Gasteiger partial charge in [-0.25, -0.2) is 4.79 Å². The summed E-state index contributed by atoms with van der Waals surface area (Å²) in [5.41, 5.74) is -2.08. The van der Waals surface area contributed by atoms with Crippen LogP contribution < -0.4 is 0 Å². The highest BCUT2D eigenvalue weighted by Gasteiger charge is 2.76. The zero-order valence-corrected chi connectivity index (χ0v) is 20.0. The highest BCUT2D eigenvalue weighted by Crippen LogP contribution is 2.71. The van der Waals surface area contributed by atoms with E-state index < -0.39 is 41.7 Å². The number of rotatable bonds is 3. The fourth-order valence-electron chi connectivity index (χ4n) is 7.80. The van der Waals surface area contributed by atoms with Gasteiger partial charge in [-0.15, -0.1) is 0 Å². The summed E-state index contributed by atoms with van der Waals surface area (Å²) in [5.74, 6) is -0.973. The second-order valence-corrected chi connectivity index (χ2v) is 11.6. The lowest BCUT2D eigenvalue weighted by Crippen LogP contribution is -2.65. The van der Waals surface area contributed by atoms with Crippen molar-refractivity contribution in [2.45, 2.75) is 77.6 Å². The van der Waals surface area contributed by atoms with Crippen LogP contribution in [0, 0.1) is 34.5 Å². The monoisotopic (exact) mass is 456 g/mol. The first-order chi connectivity index (χ1) is 15.5. The molecule has 2 fully saturated rings. The van der Waals surface area contributed by atoms with Gasteiger partial charge in [-0.3, -0.25) is 4.79 Å². The number of ketones is 1. The van der Waals surface area contributed by atoms with E-state index in [4.69, 9.17) is 4.74 Å². The average molecular weight is 457 g/mol. The van der Waals surface area contributed by atoms with Crippen LogP contribution in [0.1, 0.15) is 59.8 Å². The molecule has 0 radical (unpaired) electrons. The first kappa shape index (κ1) is 23.0. The minimum absolute atomic E-state index is 0.0165. The Morgan fingerprint density at radius 3 is 2.64 bits per heavy atom. The van der Waals surface area contributed by atoms with Crippen molar-refractivity contribution >= 4 is 11.8 Å². The second kappa shape index (κ2) is 7.37. The third-order valence-electron chi connectivity index (χ3n) is 9.67. The molecule has 2 bridgehead atoms. The van der Waals surface area contributed by atoms with Crippen molar-refractivity contribution in [2.24, 2.45) is 34.5 Å². The molecule has 6 nitrogen and oxygen atoms in total. The highest BCUT2D eigenvalue weighted by molar-refractivity contribution is 5.96. The first-order valence-corrected chi connectivity index (χ1v) is 12.4. The topological polar surface area (TPSA) is 104 Å². The molecule has 0 aromatic rings. The van der Waals surface area contributed by atoms with Crippen molar-refractivity contribution < 1.29 is 29.6 Å². The molecule has 0 aromatic heterocycles. The van der Waals surface area contributed by atoms with Crippen LogP contribution in [0.15, 0.2) is 34.9 Å². The van der Waals surface area contributed by atoms with E-state index in [0.29, 0.717) is 23.5 Å². The summed E-state index contributed by atoms with van der Waals surface area (Å²) in [6.07, 6.45) is 6.78. The lowest BCUT2D eigenvalue weighted by atomic mass is 9.59.